The highest BCUT2D eigenvalue weighted by atomic mass is 15.1. The molecule has 0 bridgehead atoms. The summed E-state index contributed by atoms with van der Waals surface area (Å²) in [5, 5.41) is 3.24. The van der Waals surface area contributed by atoms with Crippen LogP contribution in [0.2, 0.25) is 0 Å². The third-order valence-corrected chi connectivity index (χ3v) is 1.70. The number of nitrogens with zero attached hydrogens (tertiary/aromatic N) is 2. The molecule has 0 aliphatic heterocycles. The Balaban J connectivity index is 2.70. The van der Waals surface area contributed by atoms with E-state index in [4.69, 9.17) is 0 Å². The molecule has 0 spiro atoms. The summed E-state index contributed by atoms with van der Waals surface area (Å²) >= 11 is 0. The van der Waals surface area contributed by atoms with Gasteiger partial charge in [-0.2, -0.15) is 0 Å². The van der Waals surface area contributed by atoms with Gasteiger partial charge in [0.2, 0.25) is 0 Å². The van der Waals surface area contributed by atoms with Crippen molar-refractivity contribution in [1.29, 1.82) is 0 Å². The monoisotopic (exact) mass is 179 g/mol. The molecule has 0 atom stereocenters. The maximum absolute atomic E-state index is 4.29. The summed E-state index contributed by atoms with van der Waals surface area (Å²) in [6.07, 6.45) is 1.87. The Morgan fingerprint density at radius 1 is 1.31 bits per heavy atom. The summed E-state index contributed by atoms with van der Waals surface area (Å²) in [6, 6.07) is 4.48. The molecule has 0 aromatic carbocycles. The van der Waals surface area contributed by atoms with Gasteiger partial charge in [-0.3, -0.25) is 0 Å². The number of nitrogens with one attached hydrogen (secondary N) is 1. The molecule has 1 N–H and O–H groups in total. The van der Waals surface area contributed by atoms with Crippen molar-refractivity contribution in [3.63, 3.8) is 0 Å². The zero-order valence-electron chi connectivity index (χ0n) is 8.70. The van der Waals surface area contributed by atoms with Crippen LogP contribution in [-0.4, -0.2) is 25.1 Å². The Morgan fingerprint density at radius 3 is 2.38 bits per heavy atom. The van der Waals surface area contributed by atoms with E-state index in [1.807, 2.05) is 31.3 Å². The first-order chi connectivity index (χ1) is 6.09. The zero-order chi connectivity index (χ0) is 9.84. The summed E-state index contributed by atoms with van der Waals surface area (Å²) in [5.74, 6) is 0.931. The zero-order valence-corrected chi connectivity index (χ0v) is 8.70. The van der Waals surface area contributed by atoms with Gasteiger partial charge in [-0.1, -0.05) is 0 Å². The van der Waals surface area contributed by atoms with E-state index in [-0.39, 0.29) is 0 Å². The molecule has 0 fully saturated rings. The number of aromatic nitrogens is 1. The highest BCUT2D eigenvalue weighted by molar-refractivity contribution is 5.48. The van der Waals surface area contributed by atoms with Crippen LogP contribution in [0.25, 0.3) is 0 Å². The van der Waals surface area contributed by atoms with Gasteiger partial charge < -0.3 is 10.2 Å². The Morgan fingerprint density at radius 2 is 2.00 bits per heavy atom. The van der Waals surface area contributed by atoms with E-state index in [0.717, 1.165) is 11.5 Å². The van der Waals surface area contributed by atoms with Gasteiger partial charge >= 0.3 is 0 Å². The molecule has 0 saturated heterocycles. The van der Waals surface area contributed by atoms with Crippen LogP contribution in [0.4, 0.5) is 11.5 Å². The van der Waals surface area contributed by atoms with Gasteiger partial charge in [0.05, 0.1) is 11.9 Å². The van der Waals surface area contributed by atoms with Gasteiger partial charge in [0.25, 0.3) is 0 Å². The Hall–Kier alpha value is -1.25. The van der Waals surface area contributed by atoms with Crippen molar-refractivity contribution in [3.8, 4) is 0 Å². The average molecular weight is 179 g/mol. The van der Waals surface area contributed by atoms with Crippen LogP contribution in [0, 0.1) is 0 Å². The van der Waals surface area contributed by atoms with E-state index in [2.05, 4.69) is 30.2 Å². The molecule has 13 heavy (non-hydrogen) atoms. The minimum Gasteiger partial charge on any atom is -0.376 e. The predicted octanol–water partition coefficient (Wildman–Crippen LogP) is 1.97. The average Bonchev–Trinajstić information content (AvgIpc) is 2.04. The lowest BCUT2D eigenvalue weighted by atomic mass is 10.3. The largest absolute Gasteiger partial charge is 0.376 e. The fraction of sp³-hybridized carbons (Fsp3) is 0.500. The quantitative estimate of drug-likeness (QED) is 0.769. The first-order valence-corrected chi connectivity index (χ1v) is 4.49. The van der Waals surface area contributed by atoms with Crippen LogP contribution in [0.1, 0.15) is 13.8 Å². The second-order valence-corrected chi connectivity index (χ2v) is 3.60. The third kappa shape index (κ3) is 2.93. The number of rotatable bonds is 3. The molecule has 0 amide bonds. The van der Waals surface area contributed by atoms with E-state index >= 15 is 0 Å². The van der Waals surface area contributed by atoms with Crippen LogP contribution in [0.3, 0.4) is 0 Å². The van der Waals surface area contributed by atoms with Crippen LogP contribution >= 0.6 is 0 Å². The van der Waals surface area contributed by atoms with Crippen molar-refractivity contribution in [2.45, 2.75) is 19.9 Å². The Kier molecular flexibility index (Phi) is 3.12. The summed E-state index contributed by atoms with van der Waals surface area (Å²) in [6.45, 7) is 4.20. The molecule has 0 radical (unpaired) electrons. The van der Waals surface area contributed by atoms with Gasteiger partial charge in [-0.05, 0) is 26.0 Å². The molecule has 1 aromatic rings. The van der Waals surface area contributed by atoms with Gasteiger partial charge in [-0.25, -0.2) is 4.98 Å². The summed E-state index contributed by atoms with van der Waals surface area (Å²) in [7, 11) is 4.01. The molecule has 0 aliphatic rings. The fourth-order valence-electron chi connectivity index (χ4n) is 1.03. The normalized spacial score (nSPS) is 10.2. The molecule has 1 heterocycles. The molecular weight excluding hydrogens is 162 g/mol. The molecule has 0 saturated carbocycles. The third-order valence-electron chi connectivity index (χ3n) is 1.70. The summed E-state index contributed by atoms with van der Waals surface area (Å²) < 4.78 is 0. The predicted molar refractivity (Wildman–Crippen MR) is 57.3 cm³/mol. The van der Waals surface area contributed by atoms with Crippen LogP contribution in [0.15, 0.2) is 18.3 Å². The molecule has 3 nitrogen and oxygen atoms in total. The van der Waals surface area contributed by atoms with Crippen LogP contribution < -0.4 is 10.2 Å². The smallest absolute Gasteiger partial charge is 0.126 e. The van der Waals surface area contributed by atoms with E-state index in [9.17, 15) is 0 Å². The fourth-order valence-corrected chi connectivity index (χ4v) is 1.03. The molecule has 0 unspecified atom stereocenters. The number of hydrogen-bond donors (Lipinski definition) is 1. The van der Waals surface area contributed by atoms with Crippen molar-refractivity contribution in [3.05, 3.63) is 18.3 Å². The van der Waals surface area contributed by atoms with Crippen molar-refractivity contribution < 1.29 is 0 Å². The standard InChI is InChI=1S/C10H17N3/c1-8(2)12-10-6-5-9(7-11-10)13(3)4/h5-8H,1-4H3,(H,11,12). The minimum atomic E-state index is 0.428. The van der Waals surface area contributed by atoms with E-state index in [1.54, 1.807) is 0 Å². The van der Waals surface area contributed by atoms with E-state index in [1.165, 1.54) is 0 Å². The van der Waals surface area contributed by atoms with Crippen molar-refractivity contribution in [2.24, 2.45) is 0 Å². The van der Waals surface area contributed by atoms with Crippen molar-refractivity contribution >= 4 is 11.5 Å². The second-order valence-electron chi connectivity index (χ2n) is 3.60. The number of anilines is 2. The lowest BCUT2D eigenvalue weighted by Gasteiger charge is -2.13. The van der Waals surface area contributed by atoms with Gasteiger partial charge in [-0.15, -0.1) is 0 Å². The Labute approximate surface area is 79.8 Å². The lowest BCUT2D eigenvalue weighted by Crippen LogP contribution is -2.12. The lowest BCUT2D eigenvalue weighted by molar-refractivity contribution is 0.889. The molecule has 0 aliphatic carbocycles. The second kappa shape index (κ2) is 4.12. The number of hydrogen-bond acceptors (Lipinski definition) is 3. The molecule has 1 aromatic heterocycles. The van der Waals surface area contributed by atoms with Crippen LogP contribution in [-0.2, 0) is 0 Å². The summed E-state index contributed by atoms with van der Waals surface area (Å²) in [5.41, 5.74) is 1.12. The molecule has 72 valence electrons. The van der Waals surface area contributed by atoms with Gasteiger partial charge in [0, 0.05) is 20.1 Å². The van der Waals surface area contributed by atoms with E-state index in [0.29, 0.717) is 6.04 Å². The summed E-state index contributed by atoms with van der Waals surface area (Å²) in [4.78, 5) is 6.32. The van der Waals surface area contributed by atoms with Gasteiger partial charge in [0.15, 0.2) is 0 Å². The first-order valence-electron chi connectivity index (χ1n) is 4.49. The molecule has 1 rings (SSSR count). The minimum absolute atomic E-state index is 0.428. The SMILES string of the molecule is CC(C)Nc1ccc(N(C)C)cn1. The van der Waals surface area contributed by atoms with Crippen molar-refractivity contribution in [1.82, 2.24) is 4.98 Å². The van der Waals surface area contributed by atoms with E-state index < -0.39 is 0 Å². The highest BCUT2D eigenvalue weighted by Gasteiger charge is 1.97. The molecular formula is C10H17N3. The van der Waals surface area contributed by atoms with Gasteiger partial charge in [0.1, 0.15) is 5.82 Å². The van der Waals surface area contributed by atoms with Crippen LogP contribution in [0.5, 0.6) is 0 Å². The Bertz CT molecular complexity index is 251. The van der Waals surface area contributed by atoms with Crippen molar-refractivity contribution in [2.75, 3.05) is 24.3 Å². The number of pyridine rings is 1. The first kappa shape index (κ1) is 9.84. The topological polar surface area (TPSA) is 28.2 Å². The highest BCUT2D eigenvalue weighted by Crippen LogP contribution is 2.12. The maximum atomic E-state index is 4.29. The molecule has 3 heteroatoms. The maximum Gasteiger partial charge on any atom is 0.126 e.